The van der Waals surface area contributed by atoms with Gasteiger partial charge in [0.05, 0.1) is 17.2 Å². The van der Waals surface area contributed by atoms with Gasteiger partial charge in [-0.15, -0.1) is 0 Å². The van der Waals surface area contributed by atoms with Crippen LogP contribution in [0, 0.1) is 23.0 Å². The molecule has 5 nitrogen and oxygen atoms in total. The Balaban J connectivity index is 1.47. The van der Waals surface area contributed by atoms with Gasteiger partial charge in [-0.25, -0.2) is 13.6 Å². The van der Waals surface area contributed by atoms with Crippen molar-refractivity contribution in [2.45, 2.75) is 24.9 Å². The van der Waals surface area contributed by atoms with Crippen LogP contribution in [0.2, 0.25) is 0 Å². The molecule has 2 aliphatic heterocycles. The predicted molar refractivity (Wildman–Crippen MR) is 126 cm³/mol. The average Bonchev–Trinajstić information content (AvgIpc) is 3.20. The van der Waals surface area contributed by atoms with Crippen molar-refractivity contribution in [1.29, 1.82) is 5.26 Å². The summed E-state index contributed by atoms with van der Waals surface area (Å²) in [5, 5.41) is 10.9. The molecule has 2 amide bonds. The minimum atomic E-state index is -0.480. The van der Waals surface area contributed by atoms with E-state index in [0.717, 1.165) is 42.4 Å². The second-order valence-corrected chi connectivity index (χ2v) is 9.31. The Hall–Kier alpha value is -3.50. The molecule has 0 aromatic heterocycles. The zero-order valence-electron chi connectivity index (χ0n) is 19.1. The van der Waals surface area contributed by atoms with Crippen LogP contribution in [0.15, 0.2) is 54.6 Å². The van der Waals surface area contributed by atoms with Crippen molar-refractivity contribution in [2.24, 2.45) is 0 Å². The van der Waals surface area contributed by atoms with Gasteiger partial charge in [0.15, 0.2) is 0 Å². The lowest BCUT2D eigenvalue weighted by atomic mass is 9.79. The van der Waals surface area contributed by atoms with Crippen LogP contribution in [0.3, 0.4) is 0 Å². The smallest absolute Gasteiger partial charge is 0.319 e. The minimum absolute atomic E-state index is 0.0634. The second kappa shape index (κ2) is 8.69. The highest BCUT2D eigenvalue weighted by Crippen LogP contribution is 2.41. The number of halogens is 2. The summed E-state index contributed by atoms with van der Waals surface area (Å²) in [6.45, 7) is 3.16. The van der Waals surface area contributed by atoms with Crippen LogP contribution >= 0.6 is 0 Å². The van der Waals surface area contributed by atoms with Crippen LogP contribution < -0.4 is 0 Å². The van der Waals surface area contributed by atoms with Gasteiger partial charge in [-0.1, -0.05) is 18.2 Å². The Morgan fingerprint density at radius 1 is 0.941 bits per heavy atom. The van der Waals surface area contributed by atoms with E-state index in [1.807, 2.05) is 4.90 Å². The number of benzene rings is 3. The number of hydrogen-bond acceptors (Lipinski definition) is 3. The summed E-state index contributed by atoms with van der Waals surface area (Å²) in [6, 6.07) is 16.6. The maximum Gasteiger partial charge on any atom is 0.321 e. The van der Waals surface area contributed by atoms with Gasteiger partial charge in [0.2, 0.25) is 0 Å². The summed E-state index contributed by atoms with van der Waals surface area (Å²) >= 11 is 0. The van der Waals surface area contributed by atoms with E-state index < -0.39 is 5.54 Å². The Labute approximate surface area is 197 Å². The number of amides is 2. The first-order chi connectivity index (χ1) is 16.4. The largest absolute Gasteiger partial charge is 0.321 e. The van der Waals surface area contributed by atoms with Gasteiger partial charge in [0.25, 0.3) is 0 Å². The number of urea groups is 1. The SMILES string of the molecule is CN1CCC(c2ccc(F)cc2)(N2CCN(Cc3cc(C#N)cc4cc(F)ccc34)C2=O)CC1. The first kappa shape index (κ1) is 22.3. The molecule has 7 heteroatoms. The molecule has 0 aliphatic carbocycles. The van der Waals surface area contributed by atoms with Crippen LogP contribution in [0.25, 0.3) is 10.8 Å². The molecule has 174 valence electrons. The lowest BCUT2D eigenvalue weighted by Gasteiger charge is -2.47. The Bertz CT molecular complexity index is 1280. The van der Waals surface area contributed by atoms with Gasteiger partial charge >= 0.3 is 6.03 Å². The standard InChI is InChI=1S/C27H26F2N4O/c1-31-10-8-27(9-11-31,22-2-4-23(28)5-3-22)33-13-12-32(26(33)34)18-21-15-19(17-30)14-20-16-24(29)6-7-25(20)21/h2-7,14-16H,8-13,18H2,1H3. The quantitative estimate of drug-likeness (QED) is 0.559. The fourth-order valence-corrected chi connectivity index (χ4v) is 5.41. The van der Waals surface area contributed by atoms with Crippen LogP contribution in [0.1, 0.15) is 29.5 Å². The third kappa shape index (κ3) is 3.88. The lowest BCUT2D eigenvalue weighted by molar-refractivity contribution is 0.0620. The van der Waals surface area contributed by atoms with Gasteiger partial charge in [0.1, 0.15) is 11.6 Å². The molecule has 0 N–H and O–H groups in total. The van der Waals surface area contributed by atoms with E-state index in [1.54, 1.807) is 35.2 Å². The second-order valence-electron chi connectivity index (χ2n) is 9.31. The minimum Gasteiger partial charge on any atom is -0.319 e. The number of fused-ring (bicyclic) bond motifs is 1. The molecule has 0 radical (unpaired) electrons. The molecule has 5 rings (SSSR count). The van der Waals surface area contributed by atoms with Crippen LogP contribution in [0.5, 0.6) is 0 Å². The molecular weight excluding hydrogens is 434 g/mol. The molecular formula is C27H26F2N4O. The number of likely N-dealkylation sites (tertiary alicyclic amines) is 1. The molecule has 0 bridgehead atoms. The maximum absolute atomic E-state index is 13.8. The number of carbonyl (C=O) groups is 1. The Morgan fingerprint density at radius 3 is 2.35 bits per heavy atom. The zero-order chi connectivity index (χ0) is 23.9. The van der Waals surface area contributed by atoms with E-state index in [-0.39, 0.29) is 17.7 Å². The number of hydrogen-bond donors (Lipinski definition) is 0. The van der Waals surface area contributed by atoms with Crippen molar-refractivity contribution < 1.29 is 13.6 Å². The number of nitrogens with zero attached hydrogens (tertiary/aromatic N) is 4. The van der Waals surface area contributed by atoms with E-state index in [4.69, 9.17) is 0 Å². The van der Waals surface area contributed by atoms with Gasteiger partial charge in [0, 0.05) is 32.7 Å². The third-order valence-electron chi connectivity index (χ3n) is 7.30. The third-order valence-corrected chi connectivity index (χ3v) is 7.30. The average molecular weight is 461 g/mol. The molecule has 0 spiro atoms. The van der Waals surface area contributed by atoms with E-state index in [2.05, 4.69) is 18.0 Å². The highest BCUT2D eigenvalue weighted by atomic mass is 19.1. The topological polar surface area (TPSA) is 50.6 Å². The molecule has 2 aliphatic rings. The number of rotatable bonds is 4. The molecule has 0 saturated carbocycles. The highest BCUT2D eigenvalue weighted by Gasteiger charge is 2.47. The van der Waals surface area contributed by atoms with E-state index in [0.29, 0.717) is 30.6 Å². The Kier molecular flexibility index (Phi) is 5.70. The van der Waals surface area contributed by atoms with Gasteiger partial charge in [-0.3, -0.25) is 0 Å². The molecule has 0 unspecified atom stereocenters. The molecule has 2 saturated heterocycles. The monoisotopic (exact) mass is 460 g/mol. The maximum atomic E-state index is 13.8. The molecule has 3 aromatic carbocycles. The summed E-state index contributed by atoms with van der Waals surface area (Å²) in [6.07, 6.45) is 1.56. The Morgan fingerprint density at radius 2 is 1.65 bits per heavy atom. The molecule has 2 fully saturated rings. The van der Waals surface area contributed by atoms with E-state index >= 15 is 0 Å². The molecule has 3 aromatic rings. The van der Waals surface area contributed by atoms with Crippen LogP contribution in [-0.2, 0) is 12.1 Å². The van der Waals surface area contributed by atoms with Crippen molar-refractivity contribution in [2.75, 3.05) is 33.2 Å². The van der Waals surface area contributed by atoms with Crippen LogP contribution in [0.4, 0.5) is 13.6 Å². The van der Waals surface area contributed by atoms with E-state index in [9.17, 15) is 18.8 Å². The fourth-order valence-electron chi connectivity index (χ4n) is 5.41. The summed E-state index contributed by atoms with van der Waals surface area (Å²) in [4.78, 5) is 19.7. The van der Waals surface area contributed by atoms with Gasteiger partial charge < -0.3 is 14.7 Å². The number of nitriles is 1. The van der Waals surface area contributed by atoms with Gasteiger partial charge in [-0.05, 0) is 78.2 Å². The summed E-state index contributed by atoms with van der Waals surface area (Å²) in [5.74, 6) is -0.651. The zero-order valence-corrected chi connectivity index (χ0v) is 19.1. The lowest BCUT2D eigenvalue weighted by Crippen LogP contribution is -2.53. The van der Waals surface area contributed by atoms with E-state index in [1.165, 1.54) is 24.3 Å². The van der Waals surface area contributed by atoms with Crippen molar-refractivity contribution in [3.63, 3.8) is 0 Å². The molecule has 34 heavy (non-hydrogen) atoms. The summed E-state index contributed by atoms with van der Waals surface area (Å²) in [5.41, 5.74) is 1.74. The van der Waals surface area contributed by atoms with Crippen molar-refractivity contribution in [3.8, 4) is 6.07 Å². The van der Waals surface area contributed by atoms with Crippen molar-refractivity contribution >= 4 is 16.8 Å². The van der Waals surface area contributed by atoms with Gasteiger partial charge in [-0.2, -0.15) is 5.26 Å². The predicted octanol–water partition coefficient (Wildman–Crippen LogP) is 4.85. The number of piperidine rings is 1. The number of carbonyl (C=O) groups excluding carboxylic acids is 1. The molecule has 0 atom stereocenters. The first-order valence-corrected chi connectivity index (χ1v) is 11.5. The summed E-state index contributed by atoms with van der Waals surface area (Å²) < 4.78 is 27.5. The van der Waals surface area contributed by atoms with Crippen molar-refractivity contribution in [1.82, 2.24) is 14.7 Å². The fraction of sp³-hybridized carbons (Fsp3) is 0.333. The van der Waals surface area contributed by atoms with Crippen molar-refractivity contribution in [3.05, 3.63) is 82.9 Å². The first-order valence-electron chi connectivity index (χ1n) is 11.5. The molecule has 2 heterocycles. The van der Waals surface area contributed by atoms with Crippen LogP contribution in [-0.4, -0.2) is 54.0 Å². The highest BCUT2D eigenvalue weighted by molar-refractivity contribution is 5.88. The normalized spacial score (nSPS) is 18.5. The summed E-state index contributed by atoms with van der Waals surface area (Å²) in [7, 11) is 2.07.